The summed E-state index contributed by atoms with van der Waals surface area (Å²) in [6.45, 7) is 5.30. The van der Waals surface area contributed by atoms with E-state index in [9.17, 15) is 18.0 Å². The Kier molecular flexibility index (Phi) is 6.75. The van der Waals surface area contributed by atoms with Gasteiger partial charge in [0.1, 0.15) is 11.5 Å². The molecule has 30 heavy (non-hydrogen) atoms. The number of ketones is 1. The van der Waals surface area contributed by atoms with E-state index in [1.165, 1.54) is 12.1 Å². The summed E-state index contributed by atoms with van der Waals surface area (Å²) < 4.78 is 45.0. The van der Waals surface area contributed by atoms with Crippen LogP contribution in [0.3, 0.4) is 0 Å². The predicted molar refractivity (Wildman–Crippen MR) is 106 cm³/mol. The number of alkyl halides is 3. The van der Waals surface area contributed by atoms with Crippen molar-refractivity contribution in [3.05, 3.63) is 53.5 Å². The first kappa shape index (κ1) is 22.2. The van der Waals surface area contributed by atoms with Crippen LogP contribution in [0.25, 0.3) is 0 Å². The summed E-state index contributed by atoms with van der Waals surface area (Å²) in [5.41, 5.74) is 0.0465. The molecule has 0 aliphatic carbocycles. The number of benzene rings is 1. The van der Waals surface area contributed by atoms with Gasteiger partial charge in [0.15, 0.2) is 0 Å². The van der Waals surface area contributed by atoms with Crippen molar-refractivity contribution in [2.45, 2.75) is 38.9 Å². The first-order chi connectivity index (χ1) is 14.2. The molecule has 1 aromatic heterocycles. The van der Waals surface area contributed by atoms with E-state index in [4.69, 9.17) is 4.74 Å². The summed E-state index contributed by atoms with van der Waals surface area (Å²) in [6.07, 6.45) is -0.871. The molecule has 0 N–H and O–H groups in total. The highest BCUT2D eigenvalue weighted by molar-refractivity contribution is 5.84. The number of ether oxygens (including phenoxy) is 1. The van der Waals surface area contributed by atoms with Crippen LogP contribution in [0.4, 0.5) is 13.2 Å². The molecule has 162 valence electrons. The second kappa shape index (κ2) is 9.12. The number of hydrogen-bond donors (Lipinski definition) is 0. The Morgan fingerprint density at radius 2 is 1.97 bits per heavy atom. The highest BCUT2D eigenvalue weighted by atomic mass is 19.4. The summed E-state index contributed by atoms with van der Waals surface area (Å²) >= 11 is 0. The molecule has 1 fully saturated rings. The first-order valence-corrected chi connectivity index (χ1v) is 9.99. The molecule has 0 amide bonds. The zero-order chi connectivity index (χ0) is 21.9. The van der Waals surface area contributed by atoms with E-state index in [1.807, 2.05) is 13.8 Å². The van der Waals surface area contributed by atoms with Crippen molar-refractivity contribution < 1.29 is 22.7 Å². The molecule has 2 aromatic rings. The number of piperidine rings is 1. The third-order valence-corrected chi connectivity index (χ3v) is 5.87. The second-order valence-corrected chi connectivity index (χ2v) is 7.79. The molecular weight excluding hydrogens is 395 g/mol. The van der Waals surface area contributed by atoms with Gasteiger partial charge in [-0.2, -0.15) is 13.2 Å². The van der Waals surface area contributed by atoms with Gasteiger partial charge in [-0.25, -0.2) is 4.98 Å². The lowest BCUT2D eigenvalue weighted by Crippen LogP contribution is -2.43. The van der Waals surface area contributed by atoms with Gasteiger partial charge >= 0.3 is 6.18 Å². The van der Waals surface area contributed by atoms with Crippen LogP contribution < -0.4 is 4.74 Å². The zero-order valence-corrected chi connectivity index (χ0v) is 17.3. The summed E-state index contributed by atoms with van der Waals surface area (Å²) in [5, 5.41) is 0. The van der Waals surface area contributed by atoms with Crippen LogP contribution in [0.5, 0.6) is 5.88 Å². The lowest BCUT2D eigenvalue weighted by atomic mass is 9.81. The maximum absolute atomic E-state index is 13.2. The number of Topliss-reactive ketones (excluding diaryl/α,β-unsaturated/α-hetero) is 1. The van der Waals surface area contributed by atoms with Gasteiger partial charge in [0.25, 0.3) is 0 Å². The SMILES string of the molecule is COc1nccnc1C(C)N1CCC(C(=O)Cc2ccccc2C(F)(F)F)[C@H](C)C1. The standard InChI is InChI=1S/C22H26F3N3O2/c1-14-13-28(15(2)20-21(30-3)27-10-9-26-20)11-8-17(14)19(29)12-16-6-4-5-7-18(16)22(23,24)25/h4-7,9-10,14-15,17H,8,11-13H2,1-3H3/t14-,15?,17?/m1/s1. The Hall–Kier alpha value is -2.48. The van der Waals surface area contributed by atoms with Crippen LogP contribution in [-0.2, 0) is 17.4 Å². The number of carbonyl (C=O) groups excluding carboxylic acids is 1. The van der Waals surface area contributed by atoms with Gasteiger partial charge in [0.05, 0.1) is 18.7 Å². The molecule has 5 nitrogen and oxygen atoms in total. The minimum atomic E-state index is -4.46. The molecule has 1 aliphatic rings. The van der Waals surface area contributed by atoms with Crippen molar-refractivity contribution in [3.63, 3.8) is 0 Å². The Morgan fingerprint density at radius 1 is 1.27 bits per heavy atom. The molecule has 0 radical (unpaired) electrons. The van der Waals surface area contributed by atoms with Gasteiger partial charge in [0.2, 0.25) is 5.88 Å². The van der Waals surface area contributed by atoms with Gasteiger partial charge in [-0.1, -0.05) is 25.1 Å². The maximum atomic E-state index is 13.2. The summed E-state index contributed by atoms with van der Waals surface area (Å²) in [4.78, 5) is 23.7. The van der Waals surface area contributed by atoms with Gasteiger partial charge in [-0.15, -0.1) is 0 Å². The maximum Gasteiger partial charge on any atom is 0.416 e. The van der Waals surface area contributed by atoms with Crippen LogP contribution in [0.2, 0.25) is 0 Å². The molecule has 2 unspecified atom stereocenters. The van der Waals surface area contributed by atoms with E-state index in [2.05, 4.69) is 14.9 Å². The van der Waals surface area contributed by atoms with E-state index in [0.29, 0.717) is 25.4 Å². The molecule has 1 saturated heterocycles. The van der Waals surface area contributed by atoms with Crippen LogP contribution in [-0.4, -0.2) is 40.9 Å². The van der Waals surface area contributed by atoms with Crippen molar-refractivity contribution >= 4 is 5.78 Å². The van der Waals surface area contributed by atoms with Crippen LogP contribution in [0, 0.1) is 11.8 Å². The molecule has 0 saturated carbocycles. The van der Waals surface area contributed by atoms with Crippen molar-refractivity contribution in [1.82, 2.24) is 14.9 Å². The fourth-order valence-electron chi connectivity index (χ4n) is 4.23. The highest BCUT2D eigenvalue weighted by Crippen LogP contribution is 2.35. The van der Waals surface area contributed by atoms with Gasteiger partial charge in [-0.3, -0.25) is 14.7 Å². The number of nitrogens with zero attached hydrogens (tertiary/aromatic N) is 3. The molecule has 1 aliphatic heterocycles. The molecule has 2 heterocycles. The van der Waals surface area contributed by atoms with Crippen molar-refractivity contribution in [2.24, 2.45) is 11.8 Å². The fraction of sp³-hybridized carbons (Fsp3) is 0.500. The predicted octanol–water partition coefficient (Wildman–Crippen LogP) is 4.33. The van der Waals surface area contributed by atoms with E-state index < -0.39 is 11.7 Å². The molecule has 8 heteroatoms. The van der Waals surface area contributed by atoms with E-state index >= 15 is 0 Å². The number of aromatic nitrogens is 2. The smallest absolute Gasteiger partial charge is 0.416 e. The molecule has 0 bridgehead atoms. The number of carbonyl (C=O) groups is 1. The summed E-state index contributed by atoms with van der Waals surface area (Å²) in [6, 6.07) is 5.27. The Morgan fingerprint density at radius 3 is 2.63 bits per heavy atom. The number of rotatable bonds is 6. The topological polar surface area (TPSA) is 55.3 Å². The zero-order valence-electron chi connectivity index (χ0n) is 17.3. The van der Waals surface area contributed by atoms with Crippen LogP contribution >= 0.6 is 0 Å². The largest absolute Gasteiger partial charge is 0.480 e. The highest BCUT2D eigenvalue weighted by Gasteiger charge is 2.37. The number of methoxy groups -OCH3 is 1. The fourth-order valence-corrected chi connectivity index (χ4v) is 4.23. The Balaban J connectivity index is 1.68. The Labute approximate surface area is 174 Å². The average Bonchev–Trinajstić information content (AvgIpc) is 2.72. The molecule has 3 atom stereocenters. The quantitative estimate of drug-likeness (QED) is 0.695. The molecule has 3 rings (SSSR count). The van der Waals surface area contributed by atoms with Gasteiger partial charge < -0.3 is 4.74 Å². The first-order valence-electron chi connectivity index (χ1n) is 9.99. The van der Waals surface area contributed by atoms with Crippen molar-refractivity contribution in [3.8, 4) is 5.88 Å². The molecular formula is C22H26F3N3O2. The Bertz CT molecular complexity index is 888. The minimum Gasteiger partial charge on any atom is -0.480 e. The monoisotopic (exact) mass is 421 g/mol. The third-order valence-electron chi connectivity index (χ3n) is 5.87. The lowest BCUT2D eigenvalue weighted by molar-refractivity contribution is -0.138. The third kappa shape index (κ3) is 4.80. The molecule has 0 spiro atoms. The normalized spacial score (nSPS) is 21.3. The van der Waals surface area contributed by atoms with Crippen molar-refractivity contribution in [2.75, 3.05) is 20.2 Å². The van der Waals surface area contributed by atoms with E-state index in [-0.39, 0.29) is 35.6 Å². The number of likely N-dealkylation sites (tertiary alicyclic amines) is 1. The van der Waals surface area contributed by atoms with Crippen LogP contribution in [0.1, 0.15) is 43.1 Å². The minimum absolute atomic E-state index is 0.0226. The number of hydrogen-bond acceptors (Lipinski definition) is 5. The van der Waals surface area contributed by atoms with Gasteiger partial charge in [-0.05, 0) is 37.4 Å². The lowest BCUT2D eigenvalue weighted by Gasteiger charge is -2.39. The van der Waals surface area contributed by atoms with Crippen LogP contribution in [0.15, 0.2) is 36.7 Å². The van der Waals surface area contributed by atoms with Crippen molar-refractivity contribution in [1.29, 1.82) is 0 Å². The summed E-state index contributed by atoms with van der Waals surface area (Å²) in [5.74, 6) is 0.0936. The second-order valence-electron chi connectivity index (χ2n) is 7.79. The van der Waals surface area contributed by atoms with Gasteiger partial charge in [0, 0.05) is 31.3 Å². The average molecular weight is 421 g/mol. The molecule has 1 aromatic carbocycles. The number of halogens is 3. The van der Waals surface area contributed by atoms with E-state index in [0.717, 1.165) is 11.8 Å². The summed E-state index contributed by atoms with van der Waals surface area (Å²) in [7, 11) is 1.55. The van der Waals surface area contributed by atoms with E-state index in [1.54, 1.807) is 25.6 Å².